The molecule has 8 heteroatoms. The fourth-order valence-electron chi connectivity index (χ4n) is 22.1. The SMILES string of the molecule is Cn1c2ccc(-c3ccccc3)cc2c2cc(-c3ccccc3)ccc21.Cn1c2ccccc2c2cc(-c3ccc4c(c3)c3ccccc3n4-c3ccccc3)ccc21.Cn1c2ccccc2c2cc(-c3ccc4oc5ccccc5c4c3)ccc21.Cn1c2ccccc2c2cc(-c3ccc4sc5ccccc5c4c3)ccc21.Cn1c2ccccc2c2cc3c(cc21)C(C)(C)c1ccccc1-3. The molecule has 29 rings (SSSR count). The predicted octanol–water partition coefficient (Wildman–Crippen LogP) is 34.7. The first kappa shape index (κ1) is 81.2. The van der Waals surface area contributed by atoms with Crippen molar-refractivity contribution in [2.24, 2.45) is 35.2 Å². The average molecular weight is 1760 g/mol. The van der Waals surface area contributed by atoms with Crippen molar-refractivity contribution < 1.29 is 4.42 Å². The van der Waals surface area contributed by atoms with Crippen molar-refractivity contribution in [1.82, 2.24) is 27.4 Å². The summed E-state index contributed by atoms with van der Waals surface area (Å²) in [5, 5.41) is 20.8. The molecular formula is C128H94N6OS. The highest BCUT2D eigenvalue weighted by Crippen LogP contribution is 2.52. The van der Waals surface area contributed by atoms with Crippen LogP contribution >= 0.6 is 11.3 Å². The minimum Gasteiger partial charge on any atom is -0.456 e. The molecule has 8 heterocycles. The predicted molar refractivity (Wildman–Crippen MR) is 581 cm³/mol. The maximum Gasteiger partial charge on any atom is 0.135 e. The first-order chi connectivity index (χ1) is 66.8. The molecule has 0 aliphatic heterocycles. The summed E-state index contributed by atoms with van der Waals surface area (Å²) in [4.78, 5) is 0. The third kappa shape index (κ3) is 13.4. The largest absolute Gasteiger partial charge is 0.456 e. The number of aryl methyl sites for hydroxylation is 5. The van der Waals surface area contributed by atoms with Gasteiger partial charge in [0.1, 0.15) is 11.2 Å². The first-order valence-electron chi connectivity index (χ1n) is 46.9. The Morgan fingerprint density at radius 3 is 0.956 bits per heavy atom. The van der Waals surface area contributed by atoms with Gasteiger partial charge in [-0.25, -0.2) is 0 Å². The smallest absolute Gasteiger partial charge is 0.135 e. The van der Waals surface area contributed by atoms with Crippen molar-refractivity contribution in [2.75, 3.05) is 0 Å². The van der Waals surface area contributed by atoms with Gasteiger partial charge in [0.05, 0.1) is 11.0 Å². The van der Waals surface area contributed by atoms with Crippen molar-refractivity contribution in [3.8, 4) is 72.4 Å². The summed E-state index contributed by atoms with van der Waals surface area (Å²) in [5.41, 5.74) is 36.6. The number of para-hydroxylation sites is 7. The van der Waals surface area contributed by atoms with Gasteiger partial charge in [-0.15, -0.1) is 11.3 Å². The Bertz CT molecular complexity index is 9330. The van der Waals surface area contributed by atoms with Crippen molar-refractivity contribution in [3.63, 3.8) is 0 Å². The van der Waals surface area contributed by atoms with Crippen molar-refractivity contribution in [3.05, 3.63) is 454 Å². The molecule has 8 aromatic heterocycles. The van der Waals surface area contributed by atoms with Crippen LogP contribution in [-0.2, 0) is 40.7 Å². The topological polar surface area (TPSA) is 42.7 Å². The fraction of sp³-hybridized carbons (Fsp3) is 0.0625. The van der Waals surface area contributed by atoms with Gasteiger partial charge in [0, 0.05) is 197 Å². The Morgan fingerprint density at radius 1 is 0.184 bits per heavy atom. The van der Waals surface area contributed by atoms with Crippen molar-refractivity contribution >= 4 is 184 Å². The molecule has 0 N–H and O–H groups in total. The number of furan rings is 1. The van der Waals surface area contributed by atoms with Gasteiger partial charge in [-0.1, -0.05) is 293 Å². The summed E-state index contributed by atoms with van der Waals surface area (Å²) < 4.78 is 22.5. The molecule has 136 heavy (non-hydrogen) atoms. The lowest BCUT2D eigenvalue weighted by molar-refractivity contribution is 0.661. The van der Waals surface area contributed by atoms with Crippen LogP contribution in [0.2, 0.25) is 0 Å². The minimum absolute atomic E-state index is 0.0660. The summed E-state index contributed by atoms with van der Waals surface area (Å²) in [7, 11) is 10.7. The van der Waals surface area contributed by atoms with E-state index in [9.17, 15) is 0 Å². The van der Waals surface area contributed by atoms with Gasteiger partial charge >= 0.3 is 0 Å². The van der Waals surface area contributed by atoms with E-state index < -0.39 is 0 Å². The van der Waals surface area contributed by atoms with E-state index >= 15 is 0 Å². The van der Waals surface area contributed by atoms with Crippen LogP contribution in [-0.4, -0.2) is 27.4 Å². The van der Waals surface area contributed by atoms with Gasteiger partial charge < -0.3 is 31.8 Å². The number of benzene rings is 20. The third-order valence-corrected chi connectivity index (χ3v) is 30.2. The molecule has 0 amide bonds. The van der Waals surface area contributed by atoms with Crippen LogP contribution in [0.1, 0.15) is 25.0 Å². The molecule has 648 valence electrons. The minimum atomic E-state index is 0.0660. The lowest BCUT2D eigenvalue weighted by Gasteiger charge is -2.21. The summed E-state index contributed by atoms with van der Waals surface area (Å²) in [5.74, 6) is 0. The van der Waals surface area contributed by atoms with Gasteiger partial charge in [0.25, 0.3) is 0 Å². The van der Waals surface area contributed by atoms with Gasteiger partial charge in [-0.2, -0.15) is 0 Å². The molecule has 7 nitrogen and oxygen atoms in total. The zero-order valence-corrected chi connectivity index (χ0v) is 77.5. The zero-order chi connectivity index (χ0) is 91.1. The summed E-state index contributed by atoms with van der Waals surface area (Å²) in [6.07, 6.45) is 0. The van der Waals surface area contributed by atoms with Crippen molar-refractivity contribution in [1.29, 1.82) is 0 Å². The van der Waals surface area contributed by atoms with Gasteiger partial charge in [0.15, 0.2) is 0 Å². The Kier molecular flexibility index (Phi) is 19.5. The van der Waals surface area contributed by atoms with Gasteiger partial charge in [-0.05, 0) is 242 Å². The van der Waals surface area contributed by atoms with E-state index in [1.54, 1.807) is 0 Å². The highest BCUT2D eigenvalue weighted by molar-refractivity contribution is 7.25. The Labute approximate surface area is 791 Å². The highest BCUT2D eigenvalue weighted by Gasteiger charge is 2.36. The molecule has 0 saturated heterocycles. The first-order valence-corrected chi connectivity index (χ1v) is 47.7. The Morgan fingerprint density at radius 2 is 0.478 bits per heavy atom. The van der Waals surface area contributed by atoms with E-state index in [1.165, 1.54) is 245 Å². The van der Waals surface area contributed by atoms with Crippen LogP contribution in [0.25, 0.3) is 245 Å². The lowest BCUT2D eigenvalue weighted by Crippen LogP contribution is -2.14. The molecule has 20 aromatic carbocycles. The molecule has 0 spiro atoms. The fourth-order valence-corrected chi connectivity index (χ4v) is 23.1. The number of hydrogen-bond acceptors (Lipinski definition) is 2. The molecule has 0 radical (unpaired) electrons. The Balaban J connectivity index is 0.0000000909. The molecule has 1 aliphatic carbocycles. The summed E-state index contributed by atoms with van der Waals surface area (Å²) in [6, 6.07) is 160. The second-order valence-electron chi connectivity index (χ2n) is 36.9. The monoisotopic (exact) mass is 1760 g/mol. The molecule has 0 bridgehead atoms. The number of hydrogen-bond donors (Lipinski definition) is 0. The van der Waals surface area contributed by atoms with E-state index in [4.69, 9.17) is 4.42 Å². The van der Waals surface area contributed by atoms with E-state index in [0.29, 0.717) is 0 Å². The number of nitrogens with zero attached hydrogens (tertiary/aromatic N) is 6. The lowest BCUT2D eigenvalue weighted by atomic mass is 9.82. The van der Waals surface area contributed by atoms with E-state index in [2.05, 4.69) is 507 Å². The van der Waals surface area contributed by atoms with E-state index in [1.807, 2.05) is 23.5 Å². The van der Waals surface area contributed by atoms with Crippen LogP contribution in [0.3, 0.4) is 0 Å². The molecule has 28 aromatic rings. The molecule has 0 unspecified atom stereocenters. The van der Waals surface area contributed by atoms with Gasteiger partial charge in [0.2, 0.25) is 0 Å². The number of rotatable bonds is 6. The number of aromatic nitrogens is 6. The second kappa shape index (κ2) is 32.6. The summed E-state index contributed by atoms with van der Waals surface area (Å²) >= 11 is 1.87. The van der Waals surface area contributed by atoms with Gasteiger partial charge in [-0.3, -0.25) is 0 Å². The number of thiophene rings is 1. The van der Waals surface area contributed by atoms with Crippen LogP contribution < -0.4 is 0 Å². The van der Waals surface area contributed by atoms with E-state index in [-0.39, 0.29) is 5.41 Å². The molecule has 0 saturated carbocycles. The number of fused-ring (bicyclic) bond motifs is 27. The van der Waals surface area contributed by atoms with Crippen molar-refractivity contribution in [2.45, 2.75) is 19.3 Å². The highest BCUT2D eigenvalue weighted by atomic mass is 32.1. The summed E-state index contributed by atoms with van der Waals surface area (Å²) in [6.45, 7) is 4.68. The van der Waals surface area contributed by atoms with E-state index in [0.717, 1.165) is 11.2 Å². The molecule has 0 atom stereocenters. The zero-order valence-electron chi connectivity index (χ0n) is 76.6. The van der Waals surface area contributed by atoms with Crippen LogP contribution in [0.5, 0.6) is 0 Å². The molecular weight excluding hydrogens is 1670 g/mol. The normalized spacial score (nSPS) is 12.3. The van der Waals surface area contributed by atoms with Crippen LogP contribution in [0, 0.1) is 0 Å². The quantitative estimate of drug-likeness (QED) is 0.164. The maximum absolute atomic E-state index is 5.97. The van der Waals surface area contributed by atoms with Crippen LogP contribution in [0.4, 0.5) is 0 Å². The second-order valence-corrected chi connectivity index (χ2v) is 38.0. The van der Waals surface area contributed by atoms with Crippen LogP contribution in [0.15, 0.2) is 447 Å². The average Bonchev–Trinajstić information content (AvgIpc) is 1.55. The molecule has 1 aliphatic rings. The maximum atomic E-state index is 5.97. The standard InChI is InChI=1S/C31H22N2.C25H17NO.C25H17NS.C25H19N.C22H19N/c1-32-28-13-7-5-11-24(28)26-19-21(15-17-29(26)32)22-16-18-31-27(20-22)25-12-6-8-14-30(25)33(31)23-9-3-2-4-10-23;2*1-26-22-8-4-2-6-18(22)20-14-16(10-12-23(20)26)17-11-13-25-21(15-17)19-7-3-5-9-24(19)27-25;1-26-24-14-12-20(18-8-4-2-5-9-18)16-22(24)23-17-21(13-15-25(23)26)19-10-6-3-7-11-19;1-22(2)18-10-6-4-8-14(18)16-12-17-15-9-5-7-11-20(15)23(3)21(17)13-19(16)22/h2-20H,1H3;2*2-15H,1H3;2-17H,1H3;4-13H,1-3H3. The third-order valence-electron chi connectivity index (χ3n) is 29.0. The molecule has 0 fully saturated rings. The Hall–Kier alpha value is -16.8.